The van der Waals surface area contributed by atoms with E-state index in [0.29, 0.717) is 0 Å². The van der Waals surface area contributed by atoms with Crippen molar-refractivity contribution in [2.75, 3.05) is 0 Å². The molecule has 0 amide bonds. The van der Waals surface area contributed by atoms with E-state index in [-0.39, 0.29) is 29.6 Å². The molecule has 2 N–H and O–H groups in total. The number of hydrogen-bond acceptors (Lipinski definition) is 2. The first-order valence-electron chi connectivity index (χ1n) is 0.847. The Morgan fingerprint density at radius 2 is 2.33 bits per heavy atom. The Hall–Kier alpha value is 0.0700. The van der Waals surface area contributed by atoms with Gasteiger partial charge in [-0.3, -0.25) is 0 Å². The fraction of sp³-hybridized carbons (Fsp3) is 0. The molecule has 0 aliphatic carbocycles. The van der Waals surface area contributed by atoms with Gasteiger partial charge in [0.25, 0.3) is 0 Å². The molecule has 0 aromatic rings. The van der Waals surface area contributed by atoms with Crippen molar-refractivity contribution in [3.05, 3.63) is 10.4 Å². The second kappa shape index (κ2) is 8.91. The van der Waals surface area contributed by atoms with E-state index in [4.69, 9.17) is 10.7 Å². The van der Waals surface area contributed by atoms with Crippen LogP contribution >= 0.6 is 0 Å². The zero-order chi connectivity index (χ0) is 4.12. The summed E-state index contributed by atoms with van der Waals surface area (Å²) in [5.41, 5.74) is 8.53. The summed E-state index contributed by atoms with van der Waals surface area (Å²) in [6.45, 7) is 0. The van der Waals surface area contributed by atoms with Gasteiger partial charge in [0.2, 0.25) is 0 Å². The third-order valence-corrected chi connectivity index (χ3v) is 0.0894. The molecule has 0 rings (SSSR count). The van der Waals surface area contributed by atoms with Gasteiger partial charge in [-0.2, -0.15) is 4.91 Å². The van der Waals surface area contributed by atoms with Crippen molar-refractivity contribution >= 4 is 29.6 Å². The Morgan fingerprint density at radius 3 is 2.33 bits per heavy atom. The minimum atomic E-state index is 0. The normalized spacial score (nSPS) is 4.17. The van der Waals surface area contributed by atoms with Crippen LogP contribution in [0.3, 0.4) is 0 Å². The average Bonchev–Trinajstić information content (AvgIpc) is 1.41. The summed E-state index contributed by atoms with van der Waals surface area (Å²) in [6, 6.07) is 0. The van der Waals surface area contributed by atoms with E-state index in [0.717, 1.165) is 0 Å². The van der Waals surface area contributed by atoms with Crippen molar-refractivity contribution in [1.29, 1.82) is 0 Å². The monoisotopic (exact) mass is 98.0 g/mol. The van der Waals surface area contributed by atoms with E-state index in [1.165, 1.54) is 5.59 Å². The van der Waals surface area contributed by atoms with Crippen LogP contribution in [0.4, 0.5) is 0 Å². The number of rotatable bonds is 1. The van der Waals surface area contributed by atoms with Crippen molar-refractivity contribution in [3.63, 3.8) is 0 Å². The Kier molecular flexibility index (Phi) is 14.0. The van der Waals surface area contributed by atoms with Crippen LogP contribution in [0.15, 0.2) is 5.22 Å². The summed E-state index contributed by atoms with van der Waals surface area (Å²) in [5.74, 6) is 0. The van der Waals surface area contributed by atoms with E-state index in [2.05, 4.69) is 10.1 Å². The SMILES string of the molecule is [N-]=[N+]=NNO.[NaH]. The van der Waals surface area contributed by atoms with Crippen LogP contribution in [0, 0.1) is 0 Å². The predicted molar refractivity (Wildman–Crippen MR) is 21.2 cm³/mol. The maximum atomic E-state index is 7.40. The van der Waals surface area contributed by atoms with Crippen molar-refractivity contribution < 1.29 is 5.21 Å². The second-order valence-electron chi connectivity index (χ2n) is 0.289. The zero-order valence-corrected chi connectivity index (χ0v) is 2.29. The fourth-order valence-electron chi connectivity index (χ4n) is 0.0200. The molecule has 0 aromatic carbocycles. The molecule has 5 nitrogen and oxygen atoms in total. The molecule has 0 saturated heterocycles. The first-order chi connectivity index (χ1) is 2.41. The molecule has 0 radical (unpaired) electrons. The standard InChI is InChI=1S/H2N4O.Na.H/c1-2-3-4-5;;/h4-5H;;. The van der Waals surface area contributed by atoms with Gasteiger partial charge in [-0.15, -0.1) is 11.1 Å². The molecule has 0 spiro atoms. The van der Waals surface area contributed by atoms with Crippen LogP contribution in [-0.4, -0.2) is 34.8 Å². The molecule has 6 heteroatoms. The fourth-order valence-corrected chi connectivity index (χ4v) is 0.0200. The van der Waals surface area contributed by atoms with E-state index < -0.39 is 0 Å². The van der Waals surface area contributed by atoms with Gasteiger partial charge >= 0.3 is 29.6 Å². The van der Waals surface area contributed by atoms with Gasteiger partial charge < -0.3 is 0 Å². The molecule has 0 saturated carbocycles. The second-order valence-corrected chi connectivity index (χ2v) is 0.289. The molecule has 0 aliphatic heterocycles. The topological polar surface area (TPSA) is 81.0 Å². The van der Waals surface area contributed by atoms with Crippen LogP contribution in [0.5, 0.6) is 0 Å². The predicted octanol–water partition coefficient (Wildman–Crippen LogP) is -0.458. The van der Waals surface area contributed by atoms with Crippen molar-refractivity contribution in [3.8, 4) is 0 Å². The third-order valence-electron chi connectivity index (χ3n) is 0.0894. The number of nitrogens with one attached hydrogen (secondary N) is 1. The summed E-state index contributed by atoms with van der Waals surface area (Å²) in [5, 5.41) is 9.85. The summed E-state index contributed by atoms with van der Waals surface area (Å²) >= 11 is 0. The summed E-state index contributed by atoms with van der Waals surface area (Å²) < 4.78 is 0. The number of nitrogens with zero attached hydrogens (tertiary/aromatic N) is 3. The molecular formula is H3N4NaO. The van der Waals surface area contributed by atoms with E-state index in [9.17, 15) is 0 Å². The first-order valence-corrected chi connectivity index (χ1v) is 0.847. The Labute approximate surface area is 56.2 Å². The summed E-state index contributed by atoms with van der Waals surface area (Å²) in [7, 11) is 0. The van der Waals surface area contributed by atoms with Crippen LogP contribution in [0.2, 0.25) is 0 Å². The molecule has 0 unspecified atom stereocenters. The van der Waals surface area contributed by atoms with E-state index in [1.807, 2.05) is 0 Å². The van der Waals surface area contributed by atoms with Gasteiger partial charge in [0, 0.05) is 5.22 Å². The van der Waals surface area contributed by atoms with Gasteiger partial charge in [0.1, 0.15) is 0 Å². The van der Waals surface area contributed by atoms with Crippen LogP contribution in [0.1, 0.15) is 0 Å². The molecule has 0 bridgehead atoms. The van der Waals surface area contributed by atoms with E-state index in [1.54, 1.807) is 0 Å². The summed E-state index contributed by atoms with van der Waals surface area (Å²) in [6.07, 6.45) is 0. The van der Waals surface area contributed by atoms with Crippen molar-refractivity contribution in [2.45, 2.75) is 0 Å². The van der Waals surface area contributed by atoms with Crippen molar-refractivity contribution in [2.24, 2.45) is 5.22 Å². The van der Waals surface area contributed by atoms with Crippen molar-refractivity contribution in [1.82, 2.24) is 5.59 Å². The third kappa shape index (κ3) is 8.95. The minimum absolute atomic E-state index is 0. The Bertz CT molecular complexity index is 54.6. The van der Waals surface area contributed by atoms with Crippen LogP contribution < -0.4 is 5.59 Å². The van der Waals surface area contributed by atoms with Gasteiger partial charge in [0.15, 0.2) is 0 Å². The molecular weight excluding hydrogens is 95.0 g/mol. The summed E-state index contributed by atoms with van der Waals surface area (Å²) in [4.78, 5) is 2.12. The number of hydrogen-bond donors (Lipinski definition) is 2. The quantitative estimate of drug-likeness (QED) is 0.153. The molecule has 0 atom stereocenters. The van der Waals surface area contributed by atoms with E-state index >= 15 is 0 Å². The first kappa shape index (κ1) is 9.42. The molecule has 0 aromatic heterocycles. The Morgan fingerprint density at radius 1 is 1.83 bits per heavy atom. The molecule has 0 fully saturated rings. The average molecular weight is 98.0 g/mol. The Balaban J connectivity index is 0. The zero-order valence-electron chi connectivity index (χ0n) is 2.29. The van der Waals surface area contributed by atoms with Gasteiger partial charge in [-0.1, -0.05) is 0 Å². The molecule has 6 heavy (non-hydrogen) atoms. The molecule has 0 heterocycles. The maximum absolute atomic E-state index is 7.40. The molecule has 30 valence electrons. The number of azide groups is 1. The van der Waals surface area contributed by atoms with Gasteiger partial charge in [-0.25, -0.2) is 5.21 Å². The molecule has 0 aliphatic rings. The van der Waals surface area contributed by atoms with Crippen LogP contribution in [0.25, 0.3) is 10.4 Å². The van der Waals surface area contributed by atoms with Crippen LogP contribution in [-0.2, 0) is 0 Å². The van der Waals surface area contributed by atoms with Gasteiger partial charge in [0.05, 0.1) is 0 Å². The van der Waals surface area contributed by atoms with Gasteiger partial charge in [-0.05, 0) is 0 Å².